The van der Waals surface area contributed by atoms with E-state index in [-0.39, 0.29) is 11.5 Å². The molecule has 3 heteroatoms. The maximum Gasteiger partial charge on any atom is 0.265 e. The molecule has 0 saturated heterocycles. The molecule has 202 valence electrons. The molecule has 1 unspecified atom stereocenters. The second-order valence-corrected chi connectivity index (χ2v) is 11.2. The fraction of sp³-hybridized carbons (Fsp3) is 0.0250. The van der Waals surface area contributed by atoms with Crippen LogP contribution >= 0.6 is 0 Å². The molecule has 0 aliphatic heterocycles. The van der Waals surface area contributed by atoms with E-state index in [1.807, 2.05) is 47.0 Å². The summed E-state index contributed by atoms with van der Waals surface area (Å²) >= 11 is 0. The molecule has 1 aliphatic rings. The van der Waals surface area contributed by atoms with Crippen molar-refractivity contribution in [2.75, 3.05) is 0 Å². The summed E-state index contributed by atoms with van der Waals surface area (Å²) < 4.78 is 4.22. The van der Waals surface area contributed by atoms with Crippen molar-refractivity contribution in [1.29, 1.82) is 0 Å². The molecular weight excluding hydrogens is 524 g/mol. The van der Waals surface area contributed by atoms with E-state index in [2.05, 4.69) is 114 Å². The Morgan fingerprint density at radius 1 is 0.465 bits per heavy atom. The third-order valence-electron chi connectivity index (χ3n) is 8.99. The van der Waals surface area contributed by atoms with Crippen molar-refractivity contribution in [3.05, 3.63) is 179 Å². The van der Waals surface area contributed by atoms with Gasteiger partial charge in [0.05, 0.1) is 21.9 Å². The molecule has 0 spiro atoms. The van der Waals surface area contributed by atoms with E-state index in [9.17, 15) is 4.79 Å². The number of hydrogen-bond donors (Lipinski definition) is 0. The number of pyridine rings is 1. The van der Waals surface area contributed by atoms with Crippen molar-refractivity contribution in [3.63, 3.8) is 0 Å². The van der Waals surface area contributed by atoms with E-state index >= 15 is 0 Å². The quantitative estimate of drug-likeness (QED) is 0.215. The summed E-state index contributed by atoms with van der Waals surface area (Å²) in [7, 11) is 0. The molecule has 9 rings (SSSR count). The molecule has 1 atom stereocenters. The van der Waals surface area contributed by atoms with Crippen molar-refractivity contribution in [3.8, 4) is 22.5 Å². The fourth-order valence-corrected chi connectivity index (χ4v) is 7.29. The van der Waals surface area contributed by atoms with Crippen molar-refractivity contribution in [2.45, 2.75) is 5.92 Å². The summed E-state index contributed by atoms with van der Waals surface area (Å²) in [6, 6.07) is 52.7. The van der Waals surface area contributed by atoms with Gasteiger partial charge in [-0.05, 0) is 52.6 Å². The molecule has 1 aliphatic carbocycles. The first-order valence-corrected chi connectivity index (χ1v) is 14.7. The maximum atomic E-state index is 14.8. The third-order valence-corrected chi connectivity index (χ3v) is 8.99. The first kappa shape index (κ1) is 24.0. The molecule has 0 fully saturated rings. The van der Waals surface area contributed by atoms with Gasteiger partial charge in [-0.15, -0.1) is 0 Å². The lowest BCUT2D eigenvalue weighted by atomic mass is 9.89. The van der Waals surface area contributed by atoms with Crippen LogP contribution in [0.4, 0.5) is 0 Å². The van der Waals surface area contributed by atoms with Crippen LogP contribution in [-0.4, -0.2) is 9.13 Å². The maximum absolute atomic E-state index is 14.8. The SMILES string of the molecule is O=c1c2c3ccc4c(c3n(-c3ccccc3)c2c2ccccc2n1-c1ccccc1)-c1ccccc1C4c1ccccc1. The Balaban J connectivity index is 1.53. The van der Waals surface area contributed by atoms with Crippen molar-refractivity contribution < 1.29 is 0 Å². The van der Waals surface area contributed by atoms with Gasteiger partial charge in [-0.25, -0.2) is 0 Å². The predicted octanol–water partition coefficient (Wildman–Crippen LogP) is 9.25. The summed E-state index contributed by atoms with van der Waals surface area (Å²) in [4.78, 5) is 14.8. The highest BCUT2D eigenvalue weighted by Crippen LogP contribution is 2.52. The van der Waals surface area contributed by atoms with Crippen molar-refractivity contribution >= 4 is 32.7 Å². The fourth-order valence-electron chi connectivity index (χ4n) is 7.29. The first-order chi connectivity index (χ1) is 21.3. The zero-order valence-corrected chi connectivity index (χ0v) is 23.3. The number of para-hydroxylation sites is 3. The van der Waals surface area contributed by atoms with Crippen molar-refractivity contribution in [1.82, 2.24) is 9.13 Å². The molecule has 2 aromatic heterocycles. The van der Waals surface area contributed by atoms with E-state index in [0.717, 1.165) is 44.1 Å². The van der Waals surface area contributed by atoms with Crippen LogP contribution in [0.15, 0.2) is 156 Å². The molecule has 0 amide bonds. The first-order valence-electron chi connectivity index (χ1n) is 14.7. The van der Waals surface area contributed by atoms with Crippen LogP contribution in [0.5, 0.6) is 0 Å². The standard InChI is InChI=1S/C40H26N2O/c43-40-37-33-25-24-32-35(26-14-4-1-5-15-26)29-20-10-11-21-30(29)36(32)39(33)42(28-18-8-3-9-19-28)38(37)31-22-12-13-23-34(31)41(40)27-16-6-2-7-17-27/h1-25,35H. The minimum absolute atomic E-state index is 0.00887. The summed E-state index contributed by atoms with van der Waals surface area (Å²) in [5, 5.41) is 2.76. The Kier molecular flexibility index (Phi) is 5.11. The lowest BCUT2D eigenvalue weighted by molar-refractivity contribution is 1.02. The van der Waals surface area contributed by atoms with Crippen LogP contribution in [0.3, 0.4) is 0 Å². The molecule has 0 bridgehead atoms. The van der Waals surface area contributed by atoms with Gasteiger partial charge in [0.2, 0.25) is 0 Å². The monoisotopic (exact) mass is 550 g/mol. The van der Waals surface area contributed by atoms with E-state index in [0.29, 0.717) is 0 Å². The van der Waals surface area contributed by atoms with Gasteiger partial charge < -0.3 is 4.57 Å². The van der Waals surface area contributed by atoms with Gasteiger partial charge in [-0.3, -0.25) is 9.36 Å². The van der Waals surface area contributed by atoms with Crippen LogP contribution in [-0.2, 0) is 0 Å². The molecule has 0 N–H and O–H groups in total. The van der Waals surface area contributed by atoms with Crippen LogP contribution in [0.2, 0.25) is 0 Å². The molecule has 3 nitrogen and oxygen atoms in total. The van der Waals surface area contributed by atoms with Crippen LogP contribution in [0.25, 0.3) is 55.2 Å². The highest BCUT2D eigenvalue weighted by atomic mass is 16.1. The smallest absolute Gasteiger partial charge is 0.265 e. The normalized spacial score (nSPS) is 13.9. The van der Waals surface area contributed by atoms with E-state index in [1.54, 1.807) is 0 Å². The predicted molar refractivity (Wildman–Crippen MR) is 177 cm³/mol. The van der Waals surface area contributed by atoms with Gasteiger partial charge in [0, 0.05) is 33.6 Å². The molecule has 0 radical (unpaired) electrons. The van der Waals surface area contributed by atoms with Crippen LogP contribution in [0.1, 0.15) is 22.6 Å². The van der Waals surface area contributed by atoms with Gasteiger partial charge in [-0.1, -0.05) is 121 Å². The Labute approximate surface area is 248 Å². The summed E-state index contributed by atoms with van der Waals surface area (Å²) in [6.45, 7) is 0. The molecule has 2 heterocycles. The van der Waals surface area contributed by atoms with E-state index < -0.39 is 0 Å². The topological polar surface area (TPSA) is 26.9 Å². The number of aromatic nitrogens is 2. The van der Waals surface area contributed by atoms with Crippen LogP contribution < -0.4 is 5.56 Å². The second kappa shape index (κ2) is 9.17. The zero-order valence-electron chi connectivity index (χ0n) is 23.3. The summed E-state index contributed by atoms with van der Waals surface area (Å²) in [5.74, 6) is 0.122. The number of rotatable bonds is 3. The summed E-state index contributed by atoms with van der Waals surface area (Å²) in [6.07, 6.45) is 0. The molecule has 8 aromatic rings. The van der Waals surface area contributed by atoms with Crippen molar-refractivity contribution in [2.24, 2.45) is 0 Å². The van der Waals surface area contributed by atoms with Gasteiger partial charge >= 0.3 is 0 Å². The number of nitrogens with zero attached hydrogens (tertiary/aromatic N) is 2. The largest absolute Gasteiger partial charge is 0.308 e. The zero-order chi connectivity index (χ0) is 28.5. The third kappa shape index (κ3) is 3.33. The Morgan fingerprint density at radius 2 is 1.07 bits per heavy atom. The Morgan fingerprint density at radius 3 is 1.81 bits per heavy atom. The minimum atomic E-state index is -0.00887. The second-order valence-electron chi connectivity index (χ2n) is 11.2. The molecule has 6 aromatic carbocycles. The molecular formula is C40H26N2O. The summed E-state index contributed by atoms with van der Waals surface area (Å²) in [5.41, 5.74) is 11.1. The highest BCUT2D eigenvalue weighted by Gasteiger charge is 2.34. The lowest BCUT2D eigenvalue weighted by Gasteiger charge is -2.15. The van der Waals surface area contributed by atoms with Gasteiger partial charge in [0.25, 0.3) is 5.56 Å². The van der Waals surface area contributed by atoms with E-state index in [1.165, 1.54) is 27.8 Å². The molecule has 0 saturated carbocycles. The average molecular weight is 551 g/mol. The Hall–Kier alpha value is -5.67. The van der Waals surface area contributed by atoms with Gasteiger partial charge in [0.1, 0.15) is 0 Å². The number of fused-ring (bicyclic) bond motifs is 9. The van der Waals surface area contributed by atoms with E-state index in [4.69, 9.17) is 0 Å². The minimum Gasteiger partial charge on any atom is -0.308 e. The van der Waals surface area contributed by atoms with Gasteiger partial charge in [0.15, 0.2) is 0 Å². The van der Waals surface area contributed by atoms with Gasteiger partial charge in [-0.2, -0.15) is 0 Å². The number of hydrogen-bond acceptors (Lipinski definition) is 1. The number of benzene rings is 6. The molecule has 43 heavy (non-hydrogen) atoms. The Bertz CT molecular complexity index is 2400. The highest BCUT2D eigenvalue weighted by molar-refractivity contribution is 6.21. The van der Waals surface area contributed by atoms with Crippen LogP contribution in [0, 0.1) is 0 Å². The average Bonchev–Trinajstić information content (AvgIpc) is 3.60. The lowest BCUT2D eigenvalue weighted by Crippen LogP contribution is -2.19.